The zero-order chi connectivity index (χ0) is 14.3. The first kappa shape index (κ1) is 12.9. The van der Waals surface area contributed by atoms with Crippen LogP contribution in [0.25, 0.3) is 5.69 Å². The molecule has 102 valence electrons. The predicted molar refractivity (Wildman–Crippen MR) is 73.1 cm³/mol. The number of aliphatic hydroxyl groups excluding tert-OH is 1. The van der Waals surface area contributed by atoms with Crippen LogP contribution in [0, 0.1) is 24.1 Å². The topological polar surface area (TPSA) is 49.0 Å². The summed E-state index contributed by atoms with van der Waals surface area (Å²) in [5.74, 6) is -0.505. The second-order valence-electron chi connectivity index (χ2n) is 5.21. The van der Waals surface area contributed by atoms with Gasteiger partial charge in [0.25, 0.3) is 0 Å². The van der Waals surface area contributed by atoms with E-state index in [4.69, 9.17) is 5.26 Å². The lowest BCUT2D eigenvalue weighted by atomic mass is 9.95. The van der Waals surface area contributed by atoms with Gasteiger partial charge in [-0.05, 0) is 50.5 Å². The lowest BCUT2D eigenvalue weighted by Crippen LogP contribution is -2.11. The fourth-order valence-corrected chi connectivity index (χ4v) is 2.98. The minimum absolute atomic E-state index is 0.0423. The number of aryl methyl sites for hydroxylation is 1. The van der Waals surface area contributed by atoms with Crippen molar-refractivity contribution >= 4 is 0 Å². The molecule has 1 heterocycles. The molecular formula is C16H15FN2O. The van der Waals surface area contributed by atoms with Crippen LogP contribution in [0.4, 0.5) is 4.39 Å². The molecule has 1 N–H and O–H groups in total. The number of aliphatic hydroxyl groups is 1. The number of fused-ring (bicyclic) bond motifs is 1. The van der Waals surface area contributed by atoms with E-state index in [1.165, 1.54) is 6.07 Å². The SMILES string of the molecule is Cc1cc2c(n1-c1ccc(F)c(C#N)c1)CCCC2O. The molecule has 20 heavy (non-hydrogen) atoms. The summed E-state index contributed by atoms with van der Waals surface area (Å²) in [5, 5.41) is 19.0. The quantitative estimate of drug-likeness (QED) is 0.865. The molecule has 0 bridgehead atoms. The van der Waals surface area contributed by atoms with Gasteiger partial charge in [0.05, 0.1) is 11.7 Å². The van der Waals surface area contributed by atoms with E-state index in [2.05, 4.69) is 0 Å². The Morgan fingerprint density at radius 2 is 2.20 bits per heavy atom. The summed E-state index contributed by atoms with van der Waals surface area (Å²) < 4.78 is 15.5. The molecule has 4 heteroatoms. The Morgan fingerprint density at radius 1 is 1.40 bits per heavy atom. The highest BCUT2D eigenvalue weighted by atomic mass is 19.1. The number of nitrogens with zero attached hydrogens (tertiary/aromatic N) is 2. The van der Waals surface area contributed by atoms with E-state index in [9.17, 15) is 9.50 Å². The van der Waals surface area contributed by atoms with E-state index >= 15 is 0 Å². The van der Waals surface area contributed by atoms with Crippen LogP contribution in [0.1, 0.15) is 41.5 Å². The molecule has 1 atom stereocenters. The van der Waals surface area contributed by atoms with Crippen molar-refractivity contribution in [1.82, 2.24) is 4.57 Å². The zero-order valence-electron chi connectivity index (χ0n) is 11.2. The minimum Gasteiger partial charge on any atom is -0.388 e. The Bertz CT molecular complexity index is 712. The van der Waals surface area contributed by atoms with Crippen molar-refractivity contribution in [3.8, 4) is 11.8 Å². The maximum atomic E-state index is 13.4. The maximum absolute atomic E-state index is 13.4. The van der Waals surface area contributed by atoms with Crippen LogP contribution >= 0.6 is 0 Å². The second kappa shape index (κ2) is 4.77. The van der Waals surface area contributed by atoms with Crippen LogP contribution in [0.5, 0.6) is 0 Å². The van der Waals surface area contributed by atoms with Crippen molar-refractivity contribution in [3.63, 3.8) is 0 Å². The van der Waals surface area contributed by atoms with Gasteiger partial charge < -0.3 is 9.67 Å². The van der Waals surface area contributed by atoms with Crippen molar-refractivity contribution in [3.05, 3.63) is 52.6 Å². The normalized spacial score (nSPS) is 17.6. The molecule has 1 aliphatic rings. The molecule has 0 amide bonds. The third kappa shape index (κ3) is 1.91. The monoisotopic (exact) mass is 270 g/mol. The fraction of sp³-hybridized carbons (Fsp3) is 0.312. The van der Waals surface area contributed by atoms with E-state index in [-0.39, 0.29) is 5.56 Å². The maximum Gasteiger partial charge on any atom is 0.141 e. The average Bonchev–Trinajstić information content (AvgIpc) is 2.77. The van der Waals surface area contributed by atoms with Crippen molar-refractivity contribution in [2.45, 2.75) is 32.3 Å². The highest BCUT2D eigenvalue weighted by Crippen LogP contribution is 2.34. The highest BCUT2D eigenvalue weighted by Gasteiger charge is 2.23. The average molecular weight is 270 g/mol. The number of halogens is 1. The van der Waals surface area contributed by atoms with Crippen LogP contribution < -0.4 is 0 Å². The van der Waals surface area contributed by atoms with Gasteiger partial charge in [0.15, 0.2) is 0 Å². The van der Waals surface area contributed by atoms with E-state index in [1.54, 1.807) is 12.1 Å². The van der Waals surface area contributed by atoms with Gasteiger partial charge in [-0.15, -0.1) is 0 Å². The standard InChI is InChI=1S/C16H15FN2O/c1-10-7-13-15(3-2-4-16(13)20)19(10)12-5-6-14(17)11(8-12)9-18/h5-8,16,20H,2-4H2,1H3. The first-order chi connectivity index (χ1) is 9.61. The van der Waals surface area contributed by atoms with Crippen LogP contribution in [0.15, 0.2) is 24.3 Å². The first-order valence-corrected chi connectivity index (χ1v) is 6.71. The highest BCUT2D eigenvalue weighted by molar-refractivity contribution is 5.47. The Kier molecular flexibility index (Phi) is 3.07. The number of aromatic nitrogens is 1. The molecule has 3 rings (SSSR count). The zero-order valence-corrected chi connectivity index (χ0v) is 11.2. The molecule has 0 radical (unpaired) electrons. The van der Waals surface area contributed by atoms with Gasteiger partial charge in [-0.3, -0.25) is 0 Å². The van der Waals surface area contributed by atoms with Crippen LogP contribution in [-0.4, -0.2) is 9.67 Å². The van der Waals surface area contributed by atoms with Gasteiger partial charge >= 0.3 is 0 Å². The number of nitriles is 1. The third-order valence-electron chi connectivity index (χ3n) is 3.90. The molecule has 1 aromatic carbocycles. The molecule has 0 fully saturated rings. The van der Waals surface area contributed by atoms with Gasteiger partial charge in [-0.2, -0.15) is 5.26 Å². The van der Waals surface area contributed by atoms with Crippen molar-refractivity contribution in [2.24, 2.45) is 0 Å². The molecular weight excluding hydrogens is 255 g/mol. The van der Waals surface area contributed by atoms with E-state index in [1.807, 2.05) is 23.6 Å². The molecule has 1 unspecified atom stereocenters. The van der Waals surface area contributed by atoms with Crippen molar-refractivity contribution in [2.75, 3.05) is 0 Å². The van der Waals surface area contributed by atoms with E-state index in [0.717, 1.165) is 41.9 Å². The summed E-state index contributed by atoms with van der Waals surface area (Å²) in [6.07, 6.45) is 2.18. The lowest BCUT2D eigenvalue weighted by Gasteiger charge is -2.20. The Morgan fingerprint density at radius 3 is 2.95 bits per heavy atom. The van der Waals surface area contributed by atoms with Gasteiger partial charge in [0.1, 0.15) is 11.9 Å². The summed E-state index contributed by atoms with van der Waals surface area (Å²) in [6, 6.07) is 8.40. The number of rotatable bonds is 1. The molecule has 1 aliphatic carbocycles. The lowest BCUT2D eigenvalue weighted by molar-refractivity contribution is 0.156. The Labute approximate surface area is 116 Å². The van der Waals surface area contributed by atoms with Gasteiger partial charge in [0.2, 0.25) is 0 Å². The summed E-state index contributed by atoms with van der Waals surface area (Å²) in [7, 11) is 0. The van der Waals surface area contributed by atoms with Gasteiger partial charge in [-0.25, -0.2) is 4.39 Å². The Balaban J connectivity index is 2.18. The first-order valence-electron chi connectivity index (χ1n) is 6.71. The predicted octanol–water partition coefficient (Wildman–Crippen LogP) is 3.17. The van der Waals surface area contributed by atoms with Crippen molar-refractivity contribution < 1.29 is 9.50 Å². The van der Waals surface area contributed by atoms with Gasteiger partial charge in [-0.1, -0.05) is 0 Å². The fourth-order valence-electron chi connectivity index (χ4n) is 2.98. The molecule has 0 aliphatic heterocycles. The molecule has 2 aromatic rings. The smallest absolute Gasteiger partial charge is 0.141 e. The number of hydrogen-bond donors (Lipinski definition) is 1. The summed E-state index contributed by atoms with van der Waals surface area (Å²) >= 11 is 0. The molecule has 0 spiro atoms. The summed E-state index contributed by atoms with van der Waals surface area (Å²) in [4.78, 5) is 0. The third-order valence-corrected chi connectivity index (χ3v) is 3.90. The molecule has 1 aromatic heterocycles. The van der Waals surface area contributed by atoms with Crippen LogP contribution in [0.2, 0.25) is 0 Å². The van der Waals surface area contributed by atoms with Crippen molar-refractivity contribution in [1.29, 1.82) is 5.26 Å². The largest absolute Gasteiger partial charge is 0.388 e. The second-order valence-corrected chi connectivity index (χ2v) is 5.21. The summed E-state index contributed by atoms with van der Waals surface area (Å²) in [5.41, 5.74) is 3.83. The molecule has 0 saturated heterocycles. The van der Waals surface area contributed by atoms with Gasteiger partial charge in [0, 0.05) is 22.6 Å². The Hall–Kier alpha value is -2.12. The van der Waals surface area contributed by atoms with E-state index < -0.39 is 11.9 Å². The van der Waals surface area contributed by atoms with E-state index in [0.29, 0.717) is 0 Å². The number of hydrogen-bond acceptors (Lipinski definition) is 2. The van der Waals surface area contributed by atoms with Crippen LogP contribution in [-0.2, 0) is 6.42 Å². The molecule has 3 nitrogen and oxygen atoms in total. The minimum atomic E-state index is -0.505. The summed E-state index contributed by atoms with van der Waals surface area (Å²) in [6.45, 7) is 1.96. The van der Waals surface area contributed by atoms with Crippen LogP contribution in [0.3, 0.4) is 0 Å². The molecule has 0 saturated carbocycles. The number of benzene rings is 1.